The molecule has 0 rings (SSSR count). The second kappa shape index (κ2) is 3.76. The number of carbonyl (C=O) groups is 2. The molecule has 0 aliphatic rings. The summed E-state index contributed by atoms with van der Waals surface area (Å²) in [7, 11) is 0. The van der Waals surface area contributed by atoms with Gasteiger partial charge in [-0.25, -0.2) is 4.79 Å². The van der Waals surface area contributed by atoms with Gasteiger partial charge in [0.1, 0.15) is 6.04 Å². The monoisotopic (exact) mass is 193 g/mol. The van der Waals surface area contributed by atoms with Gasteiger partial charge in [0.05, 0.1) is 0 Å². The van der Waals surface area contributed by atoms with Crippen molar-refractivity contribution in [1.82, 2.24) is 5.32 Å². The molecule has 1 amide bonds. The lowest BCUT2D eigenvalue weighted by Crippen LogP contribution is -2.46. The van der Waals surface area contributed by atoms with Crippen LogP contribution in [0.5, 0.6) is 0 Å². The number of carboxylic acid groups (broad SMARTS) is 1. The van der Waals surface area contributed by atoms with Gasteiger partial charge in [-0.15, -0.1) is 0 Å². The first-order chi connectivity index (χ1) is 5.25. The molecular formula is C7H12ClNO3. The predicted molar refractivity (Wildman–Crippen MR) is 45.3 cm³/mol. The molecule has 0 aromatic rings. The van der Waals surface area contributed by atoms with Crippen molar-refractivity contribution in [3.63, 3.8) is 0 Å². The fraction of sp³-hybridized carbons (Fsp3) is 0.714. The third-order valence-corrected chi connectivity index (χ3v) is 1.58. The summed E-state index contributed by atoms with van der Waals surface area (Å²) in [4.78, 5) is 21.0. The van der Waals surface area contributed by atoms with Crippen LogP contribution in [0, 0.1) is 5.41 Å². The van der Waals surface area contributed by atoms with E-state index in [1.165, 1.54) is 0 Å². The molecule has 1 unspecified atom stereocenters. The van der Waals surface area contributed by atoms with E-state index in [4.69, 9.17) is 16.7 Å². The maximum atomic E-state index is 10.8. The molecule has 0 spiro atoms. The second-order valence-electron chi connectivity index (χ2n) is 3.55. The Morgan fingerprint density at radius 2 is 1.83 bits per heavy atom. The van der Waals surface area contributed by atoms with Gasteiger partial charge in [0.2, 0.25) is 5.24 Å². The summed E-state index contributed by atoms with van der Waals surface area (Å²) in [6.45, 7) is 5.19. The fourth-order valence-electron chi connectivity index (χ4n) is 0.737. The Morgan fingerprint density at radius 3 is 1.92 bits per heavy atom. The minimum absolute atomic E-state index is 0.503. The highest BCUT2D eigenvalue weighted by Gasteiger charge is 2.31. The zero-order valence-corrected chi connectivity index (χ0v) is 7.97. The van der Waals surface area contributed by atoms with E-state index in [9.17, 15) is 9.59 Å². The number of halogens is 1. The minimum atomic E-state index is -1.25. The summed E-state index contributed by atoms with van der Waals surface area (Å²) in [6, 6.07) is -0.864. The quantitative estimate of drug-likeness (QED) is 0.652. The lowest BCUT2D eigenvalue weighted by Gasteiger charge is -2.26. The van der Waals surface area contributed by atoms with Crippen LogP contribution in [0.4, 0.5) is 4.79 Å². The summed E-state index contributed by atoms with van der Waals surface area (Å²) in [5.41, 5.74) is -0.503. The first-order valence-corrected chi connectivity index (χ1v) is 3.81. The molecule has 2 N–H and O–H groups in total. The number of rotatable bonds is 2. The van der Waals surface area contributed by atoms with Gasteiger partial charge >= 0.3 is 6.09 Å². The molecule has 0 aromatic carbocycles. The van der Waals surface area contributed by atoms with Crippen molar-refractivity contribution in [2.75, 3.05) is 0 Å². The molecule has 0 aliphatic carbocycles. The van der Waals surface area contributed by atoms with Gasteiger partial charge in [-0.2, -0.15) is 0 Å². The standard InChI is InChI=1S/C7H12ClNO3/c1-7(2,3)4(5(8)10)9-6(11)12/h4,9H,1-3H3,(H,11,12). The number of nitrogens with one attached hydrogen (secondary N) is 1. The fourth-order valence-corrected chi connectivity index (χ4v) is 1.12. The van der Waals surface area contributed by atoms with Crippen molar-refractivity contribution in [2.45, 2.75) is 26.8 Å². The molecular weight excluding hydrogens is 182 g/mol. The van der Waals surface area contributed by atoms with Gasteiger partial charge < -0.3 is 10.4 Å². The van der Waals surface area contributed by atoms with Gasteiger partial charge in [-0.05, 0) is 17.0 Å². The first-order valence-electron chi connectivity index (χ1n) is 3.44. The van der Waals surface area contributed by atoms with Gasteiger partial charge in [-0.1, -0.05) is 20.8 Å². The average Bonchev–Trinajstić information content (AvgIpc) is 1.79. The van der Waals surface area contributed by atoms with E-state index in [0.717, 1.165) is 0 Å². The van der Waals surface area contributed by atoms with Crippen molar-refractivity contribution in [3.8, 4) is 0 Å². The summed E-state index contributed by atoms with van der Waals surface area (Å²) in [5.74, 6) is 0. The summed E-state index contributed by atoms with van der Waals surface area (Å²) < 4.78 is 0. The summed E-state index contributed by atoms with van der Waals surface area (Å²) in [5, 5.41) is 9.74. The molecule has 0 fully saturated rings. The molecule has 0 saturated carbocycles. The van der Waals surface area contributed by atoms with Crippen LogP contribution >= 0.6 is 11.6 Å². The Kier molecular flexibility index (Phi) is 3.52. The zero-order valence-electron chi connectivity index (χ0n) is 7.22. The van der Waals surface area contributed by atoms with Crippen LogP contribution in [0.15, 0.2) is 0 Å². The number of amides is 1. The maximum absolute atomic E-state index is 10.8. The van der Waals surface area contributed by atoms with Crippen molar-refractivity contribution in [3.05, 3.63) is 0 Å². The molecule has 0 aliphatic heterocycles. The van der Waals surface area contributed by atoms with Crippen LogP contribution < -0.4 is 5.32 Å². The zero-order chi connectivity index (χ0) is 9.94. The topological polar surface area (TPSA) is 66.4 Å². The molecule has 0 heterocycles. The average molecular weight is 194 g/mol. The van der Waals surface area contributed by atoms with E-state index in [1.54, 1.807) is 20.8 Å². The Morgan fingerprint density at radius 1 is 1.42 bits per heavy atom. The Labute approximate surface area is 75.9 Å². The third-order valence-electron chi connectivity index (χ3n) is 1.36. The van der Waals surface area contributed by atoms with Crippen LogP contribution in [0.1, 0.15) is 20.8 Å². The largest absolute Gasteiger partial charge is 0.465 e. The SMILES string of the molecule is CC(C)(C)C(NC(=O)O)C(=O)Cl. The smallest absolute Gasteiger partial charge is 0.405 e. The molecule has 0 bridgehead atoms. The molecule has 4 nitrogen and oxygen atoms in total. The normalized spacial score (nSPS) is 13.7. The van der Waals surface area contributed by atoms with Gasteiger partial charge in [0, 0.05) is 0 Å². The van der Waals surface area contributed by atoms with Gasteiger partial charge in [0.15, 0.2) is 0 Å². The van der Waals surface area contributed by atoms with Crippen molar-refractivity contribution in [2.24, 2.45) is 5.41 Å². The molecule has 70 valence electrons. The molecule has 0 aromatic heterocycles. The van der Waals surface area contributed by atoms with Crippen LogP contribution in [-0.2, 0) is 4.79 Å². The highest BCUT2D eigenvalue weighted by molar-refractivity contribution is 6.65. The second-order valence-corrected chi connectivity index (χ2v) is 3.93. The van der Waals surface area contributed by atoms with E-state index in [1.807, 2.05) is 0 Å². The van der Waals surface area contributed by atoms with E-state index in [2.05, 4.69) is 5.32 Å². The number of hydrogen-bond donors (Lipinski definition) is 2. The summed E-state index contributed by atoms with van der Waals surface area (Å²) in [6.07, 6.45) is -1.25. The minimum Gasteiger partial charge on any atom is -0.465 e. The van der Waals surface area contributed by atoms with Gasteiger partial charge in [-0.3, -0.25) is 4.79 Å². The van der Waals surface area contributed by atoms with Crippen molar-refractivity contribution in [1.29, 1.82) is 0 Å². The van der Waals surface area contributed by atoms with Crippen LogP contribution in [-0.4, -0.2) is 22.5 Å². The molecule has 0 saturated heterocycles. The number of carbonyl (C=O) groups excluding carboxylic acids is 1. The Bertz CT molecular complexity index is 197. The first kappa shape index (κ1) is 11.2. The van der Waals surface area contributed by atoms with E-state index < -0.39 is 22.8 Å². The van der Waals surface area contributed by atoms with Crippen LogP contribution in [0.25, 0.3) is 0 Å². The van der Waals surface area contributed by atoms with Crippen molar-refractivity contribution < 1.29 is 14.7 Å². The third kappa shape index (κ3) is 3.57. The molecule has 1 atom stereocenters. The van der Waals surface area contributed by atoms with Crippen LogP contribution in [0.2, 0.25) is 0 Å². The lowest BCUT2D eigenvalue weighted by molar-refractivity contribution is -0.115. The molecule has 5 heteroatoms. The lowest BCUT2D eigenvalue weighted by atomic mass is 9.88. The van der Waals surface area contributed by atoms with E-state index in [-0.39, 0.29) is 0 Å². The Hall–Kier alpha value is -0.770. The maximum Gasteiger partial charge on any atom is 0.405 e. The van der Waals surface area contributed by atoms with Crippen molar-refractivity contribution >= 4 is 22.9 Å². The summed E-state index contributed by atoms with van der Waals surface area (Å²) >= 11 is 5.21. The van der Waals surface area contributed by atoms with E-state index >= 15 is 0 Å². The molecule has 0 radical (unpaired) electrons. The highest BCUT2D eigenvalue weighted by Crippen LogP contribution is 2.20. The van der Waals surface area contributed by atoms with Crippen LogP contribution in [0.3, 0.4) is 0 Å². The number of hydrogen-bond acceptors (Lipinski definition) is 2. The predicted octanol–water partition coefficient (Wildman–Crippen LogP) is 1.43. The molecule has 12 heavy (non-hydrogen) atoms. The Balaban J connectivity index is 4.46. The van der Waals surface area contributed by atoms with E-state index in [0.29, 0.717) is 0 Å². The highest BCUT2D eigenvalue weighted by atomic mass is 35.5. The van der Waals surface area contributed by atoms with Gasteiger partial charge in [0.25, 0.3) is 0 Å².